The Labute approximate surface area is 131 Å². The summed E-state index contributed by atoms with van der Waals surface area (Å²) in [5, 5.41) is 9.37. The van der Waals surface area contributed by atoms with Crippen LogP contribution in [0.4, 0.5) is 0 Å². The molecule has 0 fully saturated rings. The van der Waals surface area contributed by atoms with Crippen LogP contribution in [0.2, 0.25) is 0 Å². The number of aromatic carboxylic acids is 1. The maximum Gasteiger partial charge on any atom is 0.340 e. The van der Waals surface area contributed by atoms with Crippen LogP contribution in [0.15, 0.2) is 29.2 Å². The smallest absolute Gasteiger partial charge is 0.340 e. The minimum Gasteiger partial charge on any atom is -0.481 e. The van der Waals surface area contributed by atoms with Gasteiger partial charge in [-0.2, -0.15) is 9.97 Å². The molecular weight excluding hydrogens is 308 g/mol. The summed E-state index contributed by atoms with van der Waals surface area (Å²) in [6, 6.07) is 6.37. The van der Waals surface area contributed by atoms with Crippen LogP contribution in [0, 0.1) is 0 Å². The number of rotatable bonds is 6. The van der Waals surface area contributed by atoms with Gasteiger partial charge in [0, 0.05) is 4.90 Å². The minimum absolute atomic E-state index is 0.0559. The molecule has 2 aromatic rings. The SMILES string of the molecule is COc1cc(OC)nc(Oc2cccc(SC)c2C(=O)O)n1. The fourth-order valence-electron chi connectivity index (χ4n) is 1.71. The van der Waals surface area contributed by atoms with Gasteiger partial charge >= 0.3 is 12.0 Å². The van der Waals surface area contributed by atoms with Crippen molar-refractivity contribution in [2.75, 3.05) is 20.5 Å². The molecule has 7 nitrogen and oxygen atoms in total. The van der Waals surface area contributed by atoms with E-state index in [0.717, 1.165) is 0 Å². The average molecular weight is 322 g/mol. The van der Waals surface area contributed by atoms with Gasteiger partial charge in [-0.1, -0.05) is 6.07 Å². The van der Waals surface area contributed by atoms with E-state index in [4.69, 9.17) is 14.2 Å². The van der Waals surface area contributed by atoms with Crippen LogP contribution in [0.5, 0.6) is 23.5 Å². The number of hydrogen-bond acceptors (Lipinski definition) is 7. The lowest BCUT2D eigenvalue weighted by Gasteiger charge is -2.11. The van der Waals surface area contributed by atoms with Crippen molar-refractivity contribution < 1.29 is 24.1 Å². The second-order valence-corrected chi connectivity index (χ2v) is 4.82. The van der Waals surface area contributed by atoms with E-state index >= 15 is 0 Å². The highest BCUT2D eigenvalue weighted by molar-refractivity contribution is 7.98. The van der Waals surface area contributed by atoms with Gasteiger partial charge in [0.1, 0.15) is 11.3 Å². The van der Waals surface area contributed by atoms with Crippen molar-refractivity contribution in [1.82, 2.24) is 9.97 Å². The van der Waals surface area contributed by atoms with Crippen LogP contribution in [0.3, 0.4) is 0 Å². The summed E-state index contributed by atoms with van der Waals surface area (Å²) < 4.78 is 15.6. The molecule has 0 unspecified atom stereocenters. The third-order valence-corrected chi connectivity index (χ3v) is 3.48. The Morgan fingerprint density at radius 3 is 2.32 bits per heavy atom. The molecule has 2 rings (SSSR count). The average Bonchev–Trinajstić information content (AvgIpc) is 2.53. The molecular formula is C14H14N2O5S. The maximum absolute atomic E-state index is 11.5. The summed E-state index contributed by atoms with van der Waals surface area (Å²) >= 11 is 1.31. The van der Waals surface area contributed by atoms with Crippen LogP contribution in [-0.2, 0) is 0 Å². The largest absolute Gasteiger partial charge is 0.481 e. The van der Waals surface area contributed by atoms with Gasteiger partial charge in [-0.3, -0.25) is 0 Å². The Bertz CT molecular complexity index is 671. The Hall–Kier alpha value is -2.48. The first-order chi connectivity index (χ1) is 10.6. The zero-order valence-electron chi connectivity index (χ0n) is 12.2. The molecule has 1 heterocycles. The van der Waals surface area contributed by atoms with Gasteiger partial charge in [-0.15, -0.1) is 11.8 Å². The van der Waals surface area contributed by atoms with Crippen LogP contribution in [0.25, 0.3) is 0 Å². The second-order valence-electron chi connectivity index (χ2n) is 3.98. The molecule has 0 bridgehead atoms. The van der Waals surface area contributed by atoms with E-state index in [1.807, 2.05) is 0 Å². The zero-order valence-corrected chi connectivity index (χ0v) is 13.0. The summed E-state index contributed by atoms with van der Waals surface area (Å²) in [5.74, 6) is -0.441. The Morgan fingerprint density at radius 2 is 1.82 bits per heavy atom. The van der Waals surface area contributed by atoms with Gasteiger partial charge < -0.3 is 19.3 Å². The highest BCUT2D eigenvalue weighted by atomic mass is 32.2. The second kappa shape index (κ2) is 6.99. The monoisotopic (exact) mass is 322 g/mol. The van der Waals surface area contributed by atoms with Crippen LogP contribution in [0.1, 0.15) is 10.4 Å². The fourth-order valence-corrected chi connectivity index (χ4v) is 2.32. The summed E-state index contributed by atoms with van der Waals surface area (Å²) in [5.41, 5.74) is 0.0559. The Balaban J connectivity index is 2.45. The normalized spacial score (nSPS) is 10.1. The molecule has 0 aliphatic heterocycles. The van der Waals surface area contributed by atoms with Crippen molar-refractivity contribution >= 4 is 17.7 Å². The molecule has 8 heteroatoms. The number of carbonyl (C=O) groups is 1. The number of carboxylic acid groups (broad SMARTS) is 1. The Morgan fingerprint density at radius 1 is 1.18 bits per heavy atom. The first kappa shape index (κ1) is 15.9. The van der Waals surface area contributed by atoms with Crippen molar-refractivity contribution in [3.05, 3.63) is 29.8 Å². The molecule has 1 aromatic heterocycles. The van der Waals surface area contributed by atoms with Crippen LogP contribution in [-0.4, -0.2) is 41.5 Å². The maximum atomic E-state index is 11.5. The van der Waals surface area contributed by atoms with Crippen LogP contribution < -0.4 is 14.2 Å². The lowest BCUT2D eigenvalue weighted by Crippen LogP contribution is -2.04. The molecule has 0 spiro atoms. The predicted octanol–water partition coefficient (Wildman–Crippen LogP) is 2.71. The number of thioether (sulfide) groups is 1. The van der Waals surface area contributed by atoms with Gasteiger partial charge in [-0.05, 0) is 18.4 Å². The molecule has 22 heavy (non-hydrogen) atoms. The van der Waals surface area contributed by atoms with Crippen LogP contribution >= 0.6 is 11.8 Å². The van der Waals surface area contributed by atoms with Gasteiger partial charge in [0.25, 0.3) is 0 Å². The third kappa shape index (κ3) is 3.40. The van der Waals surface area contributed by atoms with Crippen molar-refractivity contribution in [2.24, 2.45) is 0 Å². The molecule has 1 aromatic carbocycles. The number of hydrogen-bond donors (Lipinski definition) is 1. The van der Waals surface area contributed by atoms with Gasteiger partial charge in [-0.25, -0.2) is 4.79 Å². The van der Waals surface area contributed by atoms with Crippen molar-refractivity contribution in [1.29, 1.82) is 0 Å². The predicted molar refractivity (Wildman–Crippen MR) is 80.4 cm³/mol. The molecule has 0 aliphatic rings. The topological polar surface area (TPSA) is 90.8 Å². The van der Waals surface area contributed by atoms with Crippen molar-refractivity contribution in [3.8, 4) is 23.5 Å². The first-order valence-electron chi connectivity index (χ1n) is 6.14. The van der Waals surface area contributed by atoms with E-state index in [1.165, 1.54) is 32.0 Å². The number of methoxy groups -OCH3 is 2. The number of benzene rings is 1. The van der Waals surface area contributed by atoms with E-state index in [1.54, 1.807) is 24.5 Å². The van der Waals surface area contributed by atoms with Crippen molar-refractivity contribution in [2.45, 2.75) is 4.90 Å². The quantitative estimate of drug-likeness (QED) is 0.812. The lowest BCUT2D eigenvalue weighted by atomic mass is 10.2. The highest BCUT2D eigenvalue weighted by Crippen LogP contribution is 2.32. The lowest BCUT2D eigenvalue weighted by molar-refractivity contribution is 0.0690. The van der Waals surface area contributed by atoms with Gasteiger partial charge in [0.2, 0.25) is 11.8 Å². The highest BCUT2D eigenvalue weighted by Gasteiger charge is 2.18. The van der Waals surface area contributed by atoms with E-state index in [0.29, 0.717) is 4.90 Å². The number of nitrogens with zero attached hydrogens (tertiary/aromatic N) is 2. The minimum atomic E-state index is -1.09. The van der Waals surface area contributed by atoms with Gasteiger partial charge in [0.05, 0.1) is 20.3 Å². The van der Waals surface area contributed by atoms with Crippen molar-refractivity contribution in [3.63, 3.8) is 0 Å². The first-order valence-corrected chi connectivity index (χ1v) is 7.36. The molecule has 0 amide bonds. The Kier molecular flexibility index (Phi) is 5.05. The molecule has 0 radical (unpaired) electrons. The molecule has 0 atom stereocenters. The van der Waals surface area contributed by atoms with E-state index < -0.39 is 5.97 Å². The summed E-state index contributed by atoms with van der Waals surface area (Å²) in [7, 11) is 2.89. The van der Waals surface area contributed by atoms with E-state index in [-0.39, 0.29) is 29.1 Å². The summed E-state index contributed by atoms with van der Waals surface area (Å²) in [6.07, 6.45) is 1.79. The summed E-state index contributed by atoms with van der Waals surface area (Å²) in [4.78, 5) is 20.1. The molecule has 116 valence electrons. The number of carboxylic acids is 1. The zero-order chi connectivity index (χ0) is 16.1. The third-order valence-electron chi connectivity index (χ3n) is 2.70. The number of aromatic nitrogens is 2. The fraction of sp³-hybridized carbons (Fsp3) is 0.214. The summed E-state index contributed by atoms with van der Waals surface area (Å²) in [6.45, 7) is 0. The number of ether oxygens (including phenoxy) is 3. The van der Waals surface area contributed by atoms with Gasteiger partial charge in [0.15, 0.2) is 0 Å². The van der Waals surface area contributed by atoms with E-state index in [9.17, 15) is 9.90 Å². The molecule has 0 saturated carbocycles. The molecule has 1 N–H and O–H groups in total. The standard InChI is InChI=1S/C14H14N2O5S/c1-19-10-7-11(20-2)16-14(15-10)21-8-5-4-6-9(22-3)12(8)13(17)18/h4-7H,1-3H3,(H,17,18). The molecule has 0 aliphatic carbocycles. The molecule has 0 saturated heterocycles. The van der Waals surface area contributed by atoms with E-state index in [2.05, 4.69) is 9.97 Å².